The molecule has 0 saturated carbocycles. The standard InChI is InChI=1S/C11H24N2/c1-10(8-12)5-7-13-6-3-4-11(2)9-13/h10-11H,3-9,12H2,1-2H3. The van der Waals surface area contributed by atoms with E-state index < -0.39 is 0 Å². The quantitative estimate of drug-likeness (QED) is 0.720. The first-order valence-electron chi connectivity index (χ1n) is 5.64. The van der Waals surface area contributed by atoms with E-state index in [4.69, 9.17) is 5.73 Å². The van der Waals surface area contributed by atoms with E-state index in [2.05, 4.69) is 18.7 Å². The van der Waals surface area contributed by atoms with Gasteiger partial charge in [-0.05, 0) is 50.7 Å². The summed E-state index contributed by atoms with van der Waals surface area (Å²) in [7, 11) is 0. The molecule has 2 N–H and O–H groups in total. The monoisotopic (exact) mass is 184 g/mol. The Kier molecular flexibility index (Phi) is 4.74. The zero-order valence-corrected chi connectivity index (χ0v) is 9.13. The van der Waals surface area contributed by atoms with Crippen LogP contribution in [0.5, 0.6) is 0 Å². The summed E-state index contributed by atoms with van der Waals surface area (Å²) in [6.07, 6.45) is 4.07. The van der Waals surface area contributed by atoms with Crippen LogP contribution in [0.3, 0.4) is 0 Å². The Morgan fingerprint density at radius 1 is 1.54 bits per heavy atom. The number of likely N-dealkylation sites (tertiary alicyclic amines) is 1. The van der Waals surface area contributed by atoms with Crippen molar-refractivity contribution in [1.29, 1.82) is 0 Å². The highest BCUT2D eigenvalue weighted by molar-refractivity contribution is 4.70. The summed E-state index contributed by atoms with van der Waals surface area (Å²) in [5.41, 5.74) is 5.60. The second-order valence-corrected chi connectivity index (χ2v) is 4.68. The molecule has 1 aliphatic heterocycles. The molecule has 13 heavy (non-hydrogen) atoms. The summed E-state index contributed by atoms with van der Waals surface area (Å²) in [6.45, 7) is 9.30. The number of hydrogen-bond acceptors (Lipinski definition) is 2. The second kappa shape index (κ2) is 5.61. The molecule has 2 unspecified atom stereocenters. The Bertz CT molecular complexity index is 136. The molecular formula is C11H24N2. The first-order chi connectivity index (χ1) is 6.22. The maximum atomic E-state index is 5.60. The summed E-state index contributed by atoms with van der Waals surface area (Å²) in [6, 6.07) is 0. The minimum atomic E-state index is 0.692. The molecule has 0 aromatic heterocycles. The lowest BCUT2D eigenvalue weighted by Gasteiger charge is -2.31. The van der Waals surface area contributed by atoms with E-state index >= 15 is 0 Å². The largest absolute Gasteiger partial charge is 0.330 e. The molecule has 1 saturated heterocycles. The average molecular weight is 184 g/mol. The van der Waals surface area contributed by atoms with Gasteiger partial charge in [-0.15, -0.1) is 0 Å². The highest BCUT2D eigenvalue weighted by Gasteiger charge is 2.15. The van der Waals surface area contributed by atoms with Gasteiger partial charge in [-0.25, -0.2) is 0 Å². The van der Waals surface area contributed by atoms with Gasteiger partial charge >= 0.3 is 0 Å². The zero-order chi connectivity index (χ0) is 9.68. The van der Waals surface area contributed by atoms with E-state index in [0.29, 0.717) is 5.92 Å². The number of nitrogens with two attached hydrogens (primary N) is 1. The second-order valence-electron chi connectivity index (χ2n) is 4.68. The molecule has 0 amide bonds. The van der Waals surface area contributed by atoms with E-state index in [0.717, 1.165) is 12.5 Å². The van der Waals surface area contributed by atoms with E-state index in [-0.39, 0.29) is 0 Å². The molecule has 0 aromatic rings. The van der Waals surface area contributed by atoms with Gasteiger partial charge in [0.1, 0.15) is 0 Å². The van der Waals surface area contributed by atoms with Gasteiger partial charge < -0.3 is 10.6 Å². The lowest BCUT2D eigenvalue weighted by Crippen LogP contribution is -2.35. The molecule has 2 nitrogen and oxygen atoms in total. The lowest BCUT2D eigenvalue weighted by molar-refractivity contribution is 0.175. The zero-order valence-electron chi connectivity index (χ0n) is 9.13. The maximum Gasteiger partial charge on any atom is 0.000703 e. The van der Waals surface area contributed by atoms with Crippen LogP contribution in [0.15, 0.2) is 0 Å². The molecule has 0 radical (unpaired) electrons. The Morgan fingerprint density at radius 3 is 2.92 bits per heavy atom. The van der Waals surface area contributed by atoms with Crippen molar-refractivity contribution in [1.82, 2.24) is 4.90 Å². The maximum absolute atomic E-state index is 5.60. The Labute approximate surface area is 82.5 Å². The summed E-state index contributed by atoms with van der Waals surface area (Å²) >= 11 is 0. The van der Waals surface area contributed by atoms with Crippen molar-refractivity contribution in [3.05, 3.63) is 0 Å². The van der Waals surface area contributed by atoms with Crippen LogP contribution < -0.4 is 5.73 Å². The smallest absolute Gasteiger partial charge is 0.000703 e. The Balaban J connectivity index is 2.13. The molecular weight excluding hydrogens is 160 g/mol. The summed E-state index contributed by atoms with van der Waals surface area (Å²) in [5.74, 6) is 1.60. The van der Waals surface area contributed by atoms with Gasteiger partial charge in [-0.2, -0.15) is 0 Å². The fourth-order valence-corrected chi connectivity index (χ4v) is 2.01. The number of hydrogen-bond donors (Lipinski definition) is 1. The molecule has 2 heteroatoms. The van der Waals surface area contributed by atoms with E-state index in [9.17, 15) is 0 Å². The number of nitrogens with zero attached hydrogens (tertiary/aromatic N) is 1. The molecule has 1 heterocycles. The predicted molar refractivity (Wildman–Crippen MR) is 57.7 cm³/mol. The van der Waals surface area contributed by atoms with Gasteiger partial charge in [0.25, 0.3) is 0 Å². The molecule has 1 rings (SSSR count). The minimum absolute atomic E-state index is 0.692. The van der Waals surface area contributed by atoms with Crippen LogP contribution in [0.25, 0.3) is 0 Å². The third kappa shape index (κ3) is 4.10. The van der Waals surface area contributed by atoms with Crippen LogP contribution >= 0.6 is 0 Å². The SMILES string of the molecule is CC(CN)CCN1CCCC(C)C1. The van der Waals surface area contributed by atoms with Crippen LogP contribution in [0, 0.1) is 11.8 Å². The lowest BCUT2D eigenvalue weighted by atomic mass is 9.99. The number of rotatable bonds is 4. The minimum Gasteiger partial charge on any atom is -0.330 e. The van der Waals surface area contributed by atoms with Crippen molar-refractivity contribution in [2.75, 3.05) is 26.2 Å². The van der Waals surface area contributed by atoms with Crippen LogP contribution in [-0.2, 0) is 0 Å². The van der Waals surface area contributed by atoms with E-state index in [1.165, 1.54) is 38.9 Å². The van der Waals surface area contributed by atoms with E-state index in [1.807, 2.05) is 0 Å². The molecule has 0 spiro atoms. The van der Waals surface area contributed by atoms with Crippen LogP contribution in [0.2, 0.25) is 0 Å². The van der Waals surface area contributed by atoms with Gasteiger partial charge in [0.15, 0.2) is 0 Å². The third-order valence-corrected chi connectivity index (χ3v) is 3.08. The third-order valence-electron chi connectivity index (χ3n) is 3.08. The highest BCUT2D eigenvalue weighted by atomic mass is 15.1. The summed E-state index contributed by atoms with van der Waals surface area (Å²) < 4.78 is 0. The van der Waals surface area contributed by atoms with Crippen molar-refractivity contribution in [2.24, 2.45) is 17.6 Å². The Hall–Kier alpha value is -0.0800. The van der Waals surface area contributed by atoms with Crippen molar-refractivity contribution < 1.29 is 0 Å². The van der Waals surface area contributed by atoms with Gasteiger partial charge in [0, 0.05) is 6.54 Å². The molecule has 0 aliphatic carbocycles. The summed E-state index contributed by atoms with van der Waals surface area (Å²) in [4.78, 5) is 2.60. The normalized spacial score (nSPS) is 27.5. The molecule has 1 fully saturated rings. The van der Waals surface area contributed by atoms with Crippen molar-refractivity contribution in [2.45, 2.75) is 33.1 Å². The van der Waals surface area contributed by atoms with Crippen molar-refractivity contribution in [3.63, 3.8) is 0 Å². The van der Waals surface area contributed by atoms with Crippen LogP contribution in [-0.4, -0.2) is 31.1 Å². The molecule has 2 atom stereocenters. The molecule has 0 aromatic carbocycles. The molecule has 1 aliphatic rings. The highest BCUT2D eigenvalue weighted by Crippen LogP contribution is 2.16. The fraction of sp³-hybridized carbons (Fsp3) is 1.00. The first-order valence-corrected chi connectivity index (χ1v) is 5.64. The van der Waals surface area contributed by atoms with Gasteiger partial charge in [0.2, 0.25) is 0 Å². The van der Waals surface area contributed by atoms with E-state index in [1.54, 1.807) is 0 Å². The van der Waals surface area contributed by atoms with Crippen LogP contribution in [0.4, 0.5) is 0 Å². The number of piperidine rings is 1. The molecule has 0 bridgehead atoms. The predicted octanol–water partition coefficient (Wildman–Crippen LogP) is 1.70. The molecule has 78 valence electrons. The Morgan fingerprint density at radius 2 is 2.31 bits per heavy atom. The van der Waals surface area contributed by atoms with Crippen molar-refractivity contribution >= 4 is 0 Å². The van der Waals surface area contributed by atoms with Gasteiger partial charge in [-0.3, -0.25) is 0 Å². The first kappa shape index (κ1) is 11.0. The topological polar surface area (TPSA) is 29.3 Å². The fourth-order valence-electron chi connectivity index (χ4n) is 2.01. The van der Waals surface area contributed by atoms with Crippen LogP contribution in [0.1, 0.15) is 33.1 Å². The van der Waals surface area contributed by atoms with Gasteiger partial charge in [0.05, 0.1) is 0 Å². The van der Waals surface area contributed by atoms with Crippen molar-refractivity contribution in [3.8, 4) is 0 Å². The average Bonchev–Trinajstić information content (AvgIpc) is 2.14. The summed E-state index contributed by atoms with van der Waals surface area (Å²) in [5, 5.41) is 0. The van der Waals surface area contributed by atoms with Gasteiger partial charge in [-0.1, -0.05) is 13.8 Å².